The fraction of sp³-hybridized carbons (Fsp3) is 0.125. The molecule has 4 nitrogen and oxygen atoms in total. The molecule has 0 amide bonds. The van der Waals surface area contributed by atoms with Crippen LogP contribution in [0, 0.1) is 6.92 Å². The predicted molar refractivity (Wildman–Crippen MR) is 84.9 cm³/mol. The van der Waals surface area contributed by atoms with Crippen LogP contribution < -0.4 is 5.73 Å². The summed E-state index contributed by atoms with van der Waals surface area (Å²) in [5.74, 6) is 1.80. The Morgan fingerprint density at radius 3 is 2.76 bits per heavy atom. The smallest absolute Gasteiger partial charge is 0.260 e. The van der Waals surface area contributed by atoms with Gasteiger partial charge in [0.2, 0.25) is 0 Å². The Kier molecular flexibility index (Phi) is 3.92. The quantitative estimate of drug-likeness (QED) is 0.584. The van der Waals surface area contributed by atoms with Crippen molar-refractivity contribution in [2.75, 3.05) is 5.73 Å². The fourth-order valence-corrected chi connectivity index (χ4v) is 2.70. The summed E-state index contributed by atoms with van der Waals surface area (Å²) in [7, 11) is 0. The van der Waals surface area contributed by atoms with Crippen LogP contribution in [0.5, 0.6) is 0 Å². The number of thioether (sulfide) groups is 1. The van der Waals surface area contributed by atoms with Gasteiger partial charge < -0.3 is 10.3 Å². The minimum atomic E-state index is 0.472. The lowest BCUT2D eigenvalue weighted by molar-refractivity contribution is 0.425. The monoisotopic (exact) mass is 297 g/mol. The molecule has 0 fully saturated rings. The molecule has 2 aromatic carbocycles. The molecule has 0 saturated carbocycles. The average molecular weight is 297 g/mol. The van der Waals surface area contributed by atoms with Gasteiger partial charge in [0.15, 0.2) is 5.82 Å². The van der Waals surface area contributed by atoms with Gasteiger partial charge in [-0.25, -0.2) is 0 Å². The third-order valence-electron chi connectivity index (χ3n) is 3.02. The molecule has 0 saturated heterocycles. The van der Waals surface area contributed by atoms with Gasteiger partial charge in [-0.2, -0.15) is 4.98 Å². The summed E-state index contributed by atoms with van der Waals surface area (Å²) >= 11 is 1.67. The van der Waals surface area contributed by atoms with Crippen molar-refractivity contribution in [3.05, 3.63) is 59.9 Å². The molecule has 0 aliphatic heterocycles. The number of nitrogen functional groups attached to an aromatic ring is 1. The fourth-order valence-electron chi connectivity index (χ4n) is 1.94. The lowest BCUT2D eigenvalue weighted by Gasteiger charge is -2.01. The normalized spacial score (nSPS) is 10.7. The van der Waals surface area contributed by atoms with Crippen LogP contribution in [0.15, 0.2) is 57.9 Å². The maximum absolute atomic E-state index is 5.96. The van der Waals surface area contributed by atoms with Crippen molar-refractivity contribution in [3.63, 3.8) is 0 Å². The van der Waals surface area contributed by atoms with Crippen molar-refractivity contribution in [1.29, 1.82) is 0 Å². The van der Waals surface area contributed by atoms with E-state index in [9.17, 15) is 0 Å². The van der Waals surface area contributed by atoms with Gasteiger partial charge in [0, 0.05) is 10.6 Å². The van der Waals surface area contributed by atoms with Crippen LogP contribution in [0.2, 0.25) is 0 Å². The van der Waals surface area contributed by atoms with E-state index in [1.54, 1.807) is 11.8 Å². The molecule has 1 aromatic heterocycles. The first kappa shape index (κ1) is 13.7. The van der Waals surface area contributed by atoms with Crippen LogP contribution in [-0.4, -0.2) is 10.1 Å². The highest BCUT2D eigenvalue weighted by Gasteiger charge is 2.12. The SMILES string of the molecule is Cc1ccc(N)c(-c2nc(CSc3ccccc3)no2)c1. The topological polar surface area (TPSA) is 64.9 Å². The van der Waals surface area contributed by atoms with E-state index in [1.165, 1.54) is 4.90 Å². The third-order valence-corrected chi connectivity index (χ3v) is 4.03. The van der Waals surface area contributed by atoms with Crippen LogP contribution in [-0.2, 0) is 5.75 Å². The summed E-state index contributed by atoms with van der Waals surface area (Å²) in [6.07, 6.45) is 0. The Bertz CT molecular complexity index is 740. The van der Waals surface area contributed by atoms with E-state index in [-0.39, 0.29) is 0 Å². The van der Waals surface area contributed by atoms with E-state index >= 15 is 0 Å². The molecule has 106 valence electrons. The number of hydrogen-bond acceptors (Lipinski definition) is 5. The van der Waals surface area contributed by atoms with Gasteiger partial charge in [-0.3, -0.25) is 0 Å². The molecule has 2 N–H and O–H groups in total. The average Bonchev–Trinajstić information content (AvgIpc) is 2.97. The van der Waals surface area contributed by atoms with Gasteiger partial charge in [0.05, 0.1) is 11.3 Å². The van der Waals surface area contributed by atoms with Crippen molar-refractivity contribution in [3.8, 4) is 11.5 Å². The highest BCUT2D eigenvalue weighted by molar-refractivity contribution is 7.98. The Morgan fingerprint density at radius 2 is 1.95 bits per heavy atom. The van der Waals surface area contributed by atoms with Gasteiger partial charge in [0.25, 0.3) is 5.89 Å². The standard InChI is InChI=1S/C16H15N3OS/c1-11-7-8-14(17)13(9-11)16-18-15(19-20-16)10-21-12-5-3-2-4-6-12/h2-9H,10,17H2,1H3. The Labute approximate surface area is 127 Å². The molecule has 0 spiro atoms. The largest absolute Gasteiger partial charge is 0.398 e. The number of benzene rings is 2. The van der Waals surface area contributed by atoms with E-state index in [0.29, 0.717) is 23.2 Å². The van der Waals surface area contributed by atoms with Gasteiger partial charge in [0.1, 0.15) is 0 Å². The third kappa shape index (κ3) is 3.25. The van der Waals surface area contributed by atoms with Crippen LogP contribution in [0.25, 0.3) is 11.5 Å². The predicted octanol–water partition coefficient (Wildman–Crippen LogP) is 3.92. The number of rotatable bonds is 4. The molecule has 0 aliphatic carbocycles. The number of nitrogens with two attached hydrogens (primary N) is 1. The van der Waals surface area contributed by atoms with Gasteiger partial charge in [-0.1, -0.05) is 35.0 Å². The highest BCUT2D eigenvalue weighted by atomic mass is 32.2. The Morgan fingerprint density at radius 1 is 1.14 bits per heavy atom. The molecule has 5 heteroatoms. The van der Waals surface area contributed by atoms with E-state index in [2.05, 4.69) is 22.3 Å². The number of anilines is 1. The summed E-state index contributed by atoms with van der Waals surface area (Å²) in [6, 6.07) is 15.9. The summed E-state index contributed by atoms with van der Waals surface area (Å²) in [5, 5.41) is 4.02. The summed E-state index contributed by atoms with van der Waals surface area (Å²) in [4.78, 5) is 5.60. The molecule has 1 heterocycles. The first-order valence-electron chi connectivity index (χ1n) is 6.59. The Hall–Kier alpha value is -2.27. The van der Waals surface area contributed by atoms with E-state index < -0.39 is 0 Å². The lowest BCUT2D eigenvalue weighted by Crippen LogP contribution is -1.91. The molecule has 0 atom stereocenters. The number of aryl methyl sites for hydroxylation is 1. The van der Waals surface area contributed by atoms with Gasteiger partial charge in [-0.15, -0.1) is 11.8 Å². The second-order valence-electron chi connectivity index (χ2n) is 4.71. The molecule has 3 aromatic rings. The van der Waals surface area contributed by atoms with E-state index in [1.807, 2.05) is 43.3 Å². The summed E-state index contributed by atoms with van der Waals surface area (Å²) < 4.78 is 5.32. The lowest BCUT2D eigenvalue weighted by atomic mass is 10.1. The highest BCUT2D eigenvalue weighted by Crippen LogP contribution is 2.27. The molecule has 0 bridgehead atoms. The maximum atomic E-state index is 5.96. The molecule has 0 radical (unpaired) electrons. The van der Waals surface area contributed by atoms with Crippen molar-refractivity contribution in [2.24, 2.45) is 0 Å². The first-order chi connectivity index (χ1) is 10.2. The molecular weight excluding hydrogens is 282 g/mol. The second kappa shape index (κ2) is 6.01. The van der Waals surface area contributed by atoms with E-state index in [0.717, 1.165) is 11.1 Å². The first-order valence-corrected chi connectivity index (χ1v) is 7.58. The van der Waals surface area contributed by atoms with Crippen molar-refractivity contribution in [2.45, 2.75) is 17.6 Å². The Balaban J connectivity index is 1.76. The zero-order valence-electron chi connectivity index (χ0n) is 11.6. The van der Waals surface area contributed by atoms with Crippen molar-refractivity contribution >= 4 is 17.4 Å². The second-order valence-corrected chi connectivity index (χ2v) is 5.76. The molecule has 0 aliphatic rings. The van der Waals surface area contributed by atoms with E-state index in [4.69, 9.17) is 10.3 Å². The molecule has 21 heavy (non-hydrogen) atoms. The maximum Gasteiger partial charge on any atom is 0.260 e. The zero-order valence-corrected chi connectivity index (χ0v) is 12.4. The summed E-state index contributed by atoms with van der Waals surface area (Å²) in [6.45, 7) is 2.01. The van der Waals surface area contributed by atoms with Gasteiger partial charge >= 0.3 is 0 Å². The number of hydrogen-bond donors (Lipinski definition) is 1. The van der Waals surface area contributed by atoms with Crippen LogP contribution in [0.3, 0.4) is 0 Å². The minimum Gasteiger partial charge on any atom is -0.398 e. The van der Waals surface area contributed by atoms with Crippen LogP contribution in [0.4, 0.5) is 5.69 Å². The number of aromatic nitrogens is 2. The van der Waals surface area contributed by atoms with Gasteiger partial charge in [-0.05, 0) is 31.2 Å². The molecule has 3 rings (SSSR count). The zero-order chi connectivity index (χ0) is 14.7. The molecule has 0 unspecified atom stereocenters. The van der Waals surface area contributed by atoms with Crippen molar-refractivity contribution in [1.82, 2.24) is 10.1 Å². The molecular formula is C16H15N3OS. The van der Waals surface area contributed by atoms with Crippen LogP contribution >= 0.6 is 11.8 Å². The van der Waals surface area contributed by atoms with Crippen molar-refractivity contribution < 1.29 is 4.52 Å². The van der Waals surface area contributed by atoms with Crippen LogP contribution in [0.1, 0.15) is 11.4 Å². The summed E-state index contributed by atoms with van der Waals surface area (Å²) in [5.41, 5.74) is 8.51. The minimum absolute atomic E-state index is 0.472. The number of nitrogens with zero attached hydrogens (tertiary/aromatic N) is 2.